The molecule has 4 aromatic rings. The molecule has 8 nitrogen and oxygen atoms in total. The van der Waals surface area contributed by atoms with Crippen molar-refractivity contribution in [2.45, 2.75) is 26.2 Å². The molecule has 1 N–H and O–H groups in total. The molecule has 0 amide bonds. The van der Waals surface area contributed by atoms with Gasteiger partial charge in [0.05, 0.1) is 5.69 Å². The first-order chi connectivity index (χ1) is 16.9. The smallest absolute Gasteiger partial charge is 0.324 e. The quantitative estimate of drug-likeness (QED) is 0.288. The van der Waals surface area contributed by atoms with Gasteiger partial charge in [-0.1, -0.05) is 6.07 Å². The number of alkyl halides is 6. The minimum absolute atomic E-state index is 0.0894. The molecule has 14 heteroatoms. The van der Waals surface area contributed by atoms with Crippen LogP contribution in [0.4, 0.5) is 38.0 Å². The van der Waals surface area contributed by atoms with Crippen LogP contribution in [0.25, 0.3) is 17.5 Å². The number of hydrogen-bond donors (Lipinski definition) is 1. The van der Waals surface area contributed by atoms with E-state index in [-0.39, 0.29) is 34.8 Å². The number of pyridine rings is 2. The fourth-order valence-corrected chi connectivity index (χ4v) is 3.37. The van der Waals surface area contributed by atoms with Crippen molar-refractivity contribution in [1.82, 2.24) is 29.5 Å². The number of carbonyl (C=O) groups is 1. The number of anilines is 2. The van der Waals surface area contributed by atoms with Crippen molar-refractivity contribution in [1.29, 1.82) is 0 Å². The van der Waals surface area contributed by atoms with Crippen molar-refractivity contribution in [2.24, 2.45) is 0 Å². The lowest BCUT2D eigenvalue weighted by Gasteiger charge is -2.13. The predicted molar refractivity (Wildman–Crippen MR) is 115 cm³/mol. The standard InChI is InChI=1S/C22H15F6N7O/c1-11-8-12(2)35(15(11)10-36)20-33-18(14-4-3-5-16(31-14)21(23,24)25)32-19(34-20)30-13-6-7-29-17(9-13)22(26,27)28/h3-10H,1-2H3,(H,29,30,32,33,34). The van der Waals surface area contributed by atoms with Crippen LogP contribution < -0.4 is 5.32 Å². The number of rotatable bonds is 5. The van der Waals surface area contributed by atoms with Crippen molar-refractivity contribution in [3.8, 4) is 17.5 Å². The van der Waals surface area contributed by atoms with E-state index >= 15 is 0 Å². The number of aldehydes is 1. The number of aryl methyl sites for hydroxylation is 2. The number of nitrogens with zero attached hydrogens (tertiary/aromatic N) is 6. The summed E-state index contributed by atoms with van der Waals surface area (Å²) >= 11 is 0. The maximum atomic E-state index is 13.2. The van der Waals surface area contributed by atoms with Crippen LogP contribution >= 0.6 is 0 Å². The molecule has 0 saturated heterocycles. The Morgan fingerprint density at radius 1 is 0.889 bits per heavy atom. The molecular weight excluding hydrogens is 492 g/mol. The summed E-state index contributed by atoms with van der Waals surface area (Å²) in [5.74, 6) is -0.753. The molecule has 4 rings (SSSR count). The Hall–Kier alpha value is -4.36. The predicted octanol–water partition coefficient (Wildman–Crippen LogP) is 5.33. The van der Waals surface area contributed by atoms with Crippen molar-refractivity contribution in [3.63, 3.8) is 0 Å². The second kappa shape index (κ2) is 9.02. The van der Waals surface area contributed by atoms with E-state index < -0.39 is 23.7 Å². The Morgan fingerprint density at radius 2 is 1.61 bits per heavy atom. The molecule has 4 heterocycles. The topological polar surface area (TPSA) is 98.5 Å². The Kier molecular flexibility index (Phi) is 6.20. The molecule has 0 spiro atoms. The van der Waals surface area contributed by atoms with Crippen LogP contribution in [0.1, 0.15) is 33.1 Å². The summed E-state index contributed by atoms with van der Waals surface area (Å²) in [5.41, 5.74) is -1.44. The van der Waals surface area contributed by atoms with Gasteiger partial charge in [-0.25, -0.2) is 4.98 Å². The van der Waals surface area contributed by atoms with Crippen molar-refractivity contribution in [3.05, 3.63) is 70.9 Å². The van der Waals surface area contributed by atoms with E-state index in [1.54, 1.807) is 19.9 Å². The maximum absolute atomic E-state index is 13.2. The number of hydrogen-bond acceptors (Lipinski definition) is 7. The van der Waals surface area contributed by atoms with Gasteiger partial charge in [0.2, 0.25) is 11.9 Å². The van der Waals surface area contributed by atoms with E-state index in [0.29, 0.717) is 23.6 Å². The summed E-state index contributed by atoms with van der Waals surface area (Å²) in [6, 6.07) is 6.73. The molecular formula is C22H15F6N7O. The zero-order valence-corrected chi connectivity index (χ0v) is 18.5. The lowest BCUT2D eigenvalue weighted by molar-refractivity contribution is -0.141. The number of carbonyl (C=O) groups excluding carboxylic acids is 1. The second-order valence-corrected chi connectivity index (χ2v) is 7.55. The van der Waals surface area contributed by atoms with Crippen LogP contribution in [-0.4, -0.2) is 35.8 Å². The van der Waals surface area contributed by atoms with Gasteiger partial charge in [-0.2, -0.15) is 41.3 Å². The maximum Gasteiger partial charge on any atom is 0.433 e. The normalized spacial score (nSPS) is 12.0. The highest BCUT2D eigenvalue weighted by Gasteiger charge is 2.33. The Labute approximate surface area is 199 Å². The summed E-state index contributed by atoms with van der Waals surface area (Å²) < 4.78 is 80.2. The molecule has 0 bridgehead atoms. The monoisotopic (exact) mass is 507 g/mol. The lowest BCUT2D eigenvalue weighted by atomic mass is 10.3. The molecule has 0 aliphatic carbocycles. The molecule has 0 aliphatic heterocycles. The molecule has 0 aromatic carbocycles. The highest BCUT2D eigenvalue weighted by atomic mass is 19.4. The van der Waals surface area contributed by atoms with Crippen molar-refractivity contribution >= 4 is 17.9 Å². The van der Waals surface area contributed by atoms with Gasteiger partial charge in [0.15, 0.2) is 12.1 Å². The lowest BCUT2D eigenvalue weighted by Crippen LogP contribution is -2.13. The average Bonchev–Trinajstić information content (AvgIpc) is 3.10. The van der Waals surface area contributed by atoms with E-state index in [4.69, 9.17) is 0 Å². The molecule has 0 atom stereocenters. The van der Waals surface area contributed by atoms with Gasteiger partial charge < -0.3 is 5.32 Å². The molecule has 0 unspecified atom stereocenters. The van der Waals surface area contributed by atoms with E-state index in [9.17, 15) is 31.1 Å². The molecule has 0 fully saturated rings. The summed E-state index contributed by atoms with van der Waals surface area (Å²) in [6.07, 6.45) is -7.98. The van der Waals surface area contributed by atoms with Crippen molar-refractivity contribution < 1.29 is 31.1 Å². The van der Waals surface area contributed by atoms with Gasteiger partial charge in [0.1, 0.15) is 17.1 Å². The fourth-order valence-electron chi connectivity index (χ4n) is 3.37. The number of nitrogens with one attached hydrogen (secondary N) is 1. The minimum Gasteiger partial charge on any atom is -0.324 e. The summed E-state index contributed by atoms with van der Waals surface area (Å²) in [7, 11) is 0. The zero-order chi connectivity index (χ0) is 26.3. The fraction of sp³-hybridized carbons (Fsp3) is 0.182. The van der Waals surface area contributed by atoms with Crippen LogP contribution in [0, 0.1) is 13.8 Å². The molecule has 4 aromatic heterocycles. The van der Waals surface area contributed by atoms with Crippen LogP contribution in [0.5, 0.6) is 0 Å². The first-order valence-electron chi connectivity index (χ1n) is 10.1. The van der Waals surface area contributed by atoms with Crippen LogP contribution in [0.15, 0.2) is 42.6 Å². The van der Waals surface area contributed by atoms with Gasteiger partial charge in [-0.05, 0) is 49.7 Å². The summed E-state index contributed by atoms with van der Waals surface area (Å²) in [5, 5.41) is 2.59. The highest BCUT2D eigenvalue weighted by molar-refractivity contribution is 5.76. The van der Waals surface area contributed by atoms with Gasteiger partial charge in [-0.15, -0.1) is 0 Å². The van der Waals surface area contributed by atoms with E-state index in [2.05, 4.69) is 30.2 Å². The molecule has 0 aliphatic rings. The van der Waals surface area contributed by atoms with Crippen LogP contribution in [0.2, 0.25) is 0 Å². The third-order valence-corrected chi connectivity index (χ3v) is 4.93. The Morgan fingerprint density at radius 3 is 2.28 bits per heavy atom. The summed E-state index contributed by atoms with van der Waals surface area (Å²) in [6.45, 7) is 3.32. The molecule has 36 heavy (non-hydrogen) atoms. The van der Waals surface area contributed by atoms with Crippen molar-refractivity contribution in [2.75, 3.05) is 5.32 Å². The third-order valence-electron chi connectivity index (χ3n) is 4.93. The van der Waals surface area contributed by atoms with Gasteiger partial charge >= 0.3 is 12.4 Å². The zero-order valence-electron chi connectivity index (χ0n) is 18.5. The van der Waals surface area contributed by atoms with E-state index in [0.717, 1.165) is 18.3 Å². The Bertz CT molecular complexity index is 1450. The highest BCUT2D eigenvalue weighted by Crippen LogP contribution is 2.31. The Balaban J connectivity index is 1.89. The van der Waals surface area contributed by atoms with E-state index in [1.165, 1.54) is 16.7 Å². The SMILES string of the molecule is Cc1cc(C)n(-c2nc(Nc3ccnc(C(F)(F)F)c3)nc(-c3cccc(C(F)(F)F)n3)n2)c1C=O. The van der Waals surface area contributed by atoms with Gasteiger partial charge in [0.25, 0.3) is 0 Å². The van der Waals surface area contributed by atoms with E-state index in [1.807, 2.05) is 0 Å². The van der Waals surface area contributed by atoms with Gasteiger partial charge in [0, 0.05) is 17.6 Å². The first kappa shape index (κ1) is 24.8. The second-order valence-electron chi connectivity index (χ2n) is 7.55. The summed E-state index contributed by atoms with van der Waals surface area (Å²) in [4.78, 5) is 31.0. The van der Waals surface area contributed by atoms with Gasteiger partial charge in [-0.3, -0.25) is 14.3 Å². The molecule has 0 saturated carbocycles. The molecule has 186 valence electrons. The molecule has 0 radical (unpaired) electrons. The van der Waals surface area contributed by atoms with Crippen LogP contribution in [0.3, 0.4) is 0 Å². The number of halogens is 6. The minimum atomic E-state index is -4.74. The largest absolute Gasteiger partial charge is 0.433 e. The number of aromatic nitrogens is 6. The third kappa shape index (κ3) is 5.01. The first-order valence-corrected chi connectivity index (χ1v) is 10.1. The van der Waals surface area contributed by atoms with Crippen LogP contribution in [-0.2, 0) is 12.4 Å². The average molecular weight is 507 g/mol.